The summed E-state index contributed by atoms with van der Waals surface area (Å²) in [6.07, 6.45) is -0.406. The molecule has 0 spiro atoms. The molecule has 5 amide bonds. The number of rotatable bonds is 4. The number of carbonyl (C=O) groups is 4. The van der Waals surface area contributed by atoms with E-state index in [4.69, 9.17) is 16.3 Å². The van der Waals surface area contributed by atoms with Gasteiger partial charge in [0.1, 0.15) is 12.6 Å². The smallest absolute Gasteiger partial charge is 0.409 e. The van der Waals surface area contributed by atoms with Crippen molar-refractivity contribution in [2.45, 2.75) is 19.9 Å². The van der Waals surface area contributed by atoms with Gasteiger partial charge < -0.3 is 14.5 Å². The molecule has 10 heteroatoms. The van der Waals surface area contributed by atoms with Crippen molar-refractivity contribution in [3.63, 3.8) is 0 Å². The van der Waals surface area contributed by atoms with Gasteiger partial charge in [-0.1, -0.05) is 11.6 Å². The Morgan fingerprint density at radius 1 is 1.07 bits per heavy atom. The normalized spacial score (nSPS) is 19.8. The number of amides is 5. The summed E-state index contributed by atoms with van der Waals surface area (Å²) < 4.78 is 4.96. The molecule has 9 nitrogen and oxygen atoms in total. The van der Waals surface area contributed by atoms with Crippen molar-refractivity contribution in [1.29, 1.82) is 0 Å². The highest BCUT2D eigenvalue weighted by Crippen LogP contribution is 2.27. The van der Waals surface area contributed by atoms with Gasteiger partial charge in [-0.2, -0.15) is 0 Å². The first-order valence-corrected chi connectivity index (χ1v) is 9.81. The quantitative estimate of drug-likeness (QED) is 0.690. The van der Waals surface area contributed by atoms with Gasteiger partial charge in [0, 0.05) is 36.9 Å². The number of benzene rings is 1. The van der Waals surface area contributed by atoms with Crippen LogP contribution in [-0.2, 0) is 14.3 Å². The lowest BCUT2D eigenvalue weighted by Gasteiger charge is -2.34. The van der Waals surface area contributed by atoms with Gasteiger partial charge in [-0.3, -0.25) is 19.4 Å². The standard InChI is InChI=1S/C19H23ClN4O5/c1-3-29-19(28)22-10-8-21(9-11-22)16(25)12-23-17(26)13(2)24(18(23)27)15-6-4-14(20)5-7-15/h4-7,13H,3,8-12H2,1-2H3. The minimum atomic E-state index is -0.711. The molecular weight excluding hydrogens is 400 g/mol. The highest BCUT2D eigenvalue weighted by molar-refractivity contribution is 6.30. The number of anilines is 1. The maximum Gasteiger partial charge on any atom is 0.409 e. The van der Waals surface area contributed by atoms with Crippen LogP contribution in [-0.4, -0.2) is 84.0 Å². The molecule has 2 fully saturated rings. The summed E-state index contributed by atoms with van der Waals surface area (Å²) in [5.41, 5.74) is 0.540. The summed E-state index contributed by atoms with van der Waals surface area (Å²) in [6, 6.07) is 5.34. The van der Waals surface area contributed by atoms with Crippen LogP contribution in [0.2, 0.25) is 5.02 Å². The number of hydrogen-bond acceptors (Lipinski definition) is 5. The van der Waals surface area contributed by atoms with E-state index in [0.29, 0.717) is 43.5 Å². The van der Waals surface area contributed by atoms with E-state index in [9.17, 15) is 19.2 Å². The fraction of sp³-hybridized carbons (Fsp3) is 0.474. The number of hydrogen-bond donors (Lipinski definition) is 0. The monoisotopic (exact) mass is 422 g/mol. The van der Waals surface area contributed by atoms with Crippen molar-refractivity contribution in [3.05, 3.63) is 29.3 Å². The molecule has 0 radical (unpaired) electrons. The lowest BCUT2D eigenvalue weighted by atomic mass is 10.2. The minimum Gasteiger partial charge on any atom is -0.450 e. The SMILES string of the molecule is CCOC(=O)N1CCN(C(=O)CN2C(=O)C(C)N(c3ccc(Cl)cc3)C2=O)CC1. The zero-order valence-electron chi connectivity index (χ0n) is 16.3. The maximum absolute atomic E-state index is 12.8. The number of carbonyl (C=O) groups excluding carboxylic acids is 4. The lowest BCUT2D eigenvalue weighted by molar-refractivity contribution is -0.138. The van der Waals surface area contributed by atoms with Crippen LogP contribution in [0.1, 0.15) is 13.8 Å². The van der Waals surface area contributed by atoms with E-state index in [0.717, 1.165) is 4.90 Å². The predicted octanol–water partition coefficient (Wildman–Crippen LogP) is 1.80. The molecule has 0 bridgehead atoms. The Morgan fingerprint density at radius 2 is 1.66 bits per heavy atom. The molecule has 0 N–H and O–H groups in total. The molecule has 1 aromatic carbocycles. The third-order valence-electron chi connectivity index (χ3n) is 5.00. The van der Waals surface area contributed by atoms with Gasteiger partial charge in [0.25, 0.3) is 5.91 Å². The second-order valence-corrected chi connectivity index (χ2v) is 7.23. The first-order chi connectivity index (χ1) is 13.8. The Kier molecular flexibility index (Phi) is 6.26. The van der Waals surface area contributed by atoms with Crippen LogP contribution in [0.5, 0.6) is 0 Å². The van der Waals surface area contributed by atoms with Crippen molar-refractivity contribution in [1.82, 2.24) is 14.7 Å². The topological polar surface area (TPSA) is 90.5 Å². The zero-order valence-corrected chi connectivity index (χ0v) is 17.1. The van der Waals surface area contributed by atoms with E-state index >= 15 is 0 Å². The number of halogens is 1. The highest BCUT2D eigenvalue weighted by atomic mass is 35.5. The van der Waals surface area contributed by atoms with Crippen LogP contribution in [0, 0.1) is 0 Å². The third kappa shape index (κ3) is 4.29. The van der Waals surface area contributed by atoms with Gasteiger partial charge in [0.15, 0.2) is 0 Å². The van der Waals surface area contributed by atoms with Gasteiger partial charge in [-0.25, -0.2) is 9.59 Å². The van der Waals surface area contributed by atoms with Crippen molar-refractivity contribution in [2.24, 2.45) is 0 Å². The highest BCUT2D eigenvalue weighted by Gasteiger charge is 2.44. The molecule has 0 saturated carbocycles. The Bertz CT molecular complexity index is 807. The number of nitrogens with zero attached hydrogens (tertiary/aromatic N) is 4. The van der Waals surface area contributed by atoms with Gasteiger partial charge >= 0.3 is 12.1 Å². The van der Waals surface area contributed by atoms with Gasteiger partial charge in [-0.05, 0) is 38.1 Å². The van der Waals surface area contributed by atoms with E-state index in [-0.39, 0.29) is 12.5 Å². The predicted molar refractivity (Wildman–Crippen MR) is 106 cm³/mol. The van der Waals surface area contributed by atoms with E-state index in [1.165, 1.54) is 9.80 Å². The van der Waals surface area contributed by atoms with Crippen LogP contribution in [0.15, 0.2) is 24.3 Å². The van der Waals surface area contributed by atoms with E-state index in [1.807, 2.05) is 0 Å². The maximum atomic E-state index is 12.8. The van der Waals surface area contributed by atoms with Gasteiger partial charge in [0.05, 0.1) is 6.61 Å². The van der Waals surface area contributed by atoms with Crippen LogP contribution in [0.25, 0.3) is 0 Å². The molecule has 156 valence electrons. The molecule has 1 atom stereocenters. The van der Waals surface area contributed by atoms with E-state index in [2.05, 4.69) is 0 Å². The summed E-state index contributed by atoms with van der Waals surface area (Å²) in [4.78, 5) is 55.2. The first-order valence-electron chi connectivity index (χ1n) is 9.43. The fourth-order valence-corrected chi connectivity index (χ4v) is 3.52. The average Bonchev–Trinajstić information content (AvgIpc) is 2.92. The summed E-state index contributed by atoms with van der Waals surface area (Å²) >= 11 is 5.89. The Labute approximate surface area is 173 Å². The molecular formula is C19H23ClN4O5. The number of imide groups is 1. The zero-order chi connectivity index (χ0) is 21.1. The first kappa shape index (κ1) is 20.9. The molecule has 1 unspecified atom stereocenters. The lowest BCUT2D eigenvalue weighted by Crippen LogP contribution is -2.53. The fourth-order valence-electron chi connectivity index (χ4n) is 3.40. The molecule has 1 aromatic rings. The second kappa shape index (κ2) is 8.69. The van der Waals surface area contributed by atoms with E-state index in [1.54, 1.807) is 43.0 Å². The molecule has 2 saturated heterocycles. The Hall–Kier alpha value is -2.81. The molecule has 3 rings (SSSR count). The summed E-state index contributed by atoms with van der Waals surface area (Å²) in [6.45, 7) is 4.66. The molecule has 2 heterocycles. The van der Waals surface area contributed by atoms with Crippen molar-refractivity contribution >= 4 is 41.2 Å². The molecule has 2 aliphatic heterocycles. The van der Waals surface area contributed by atoms with Crippen LogP contribution in [0.4, 0.5) is 15.3 Å². The van der Waals surface area contributed by atoms with Gasteiger partial charge in [0.2, 0.25) is 5.91 Å². The average molecular weight is 423 g/mol. The Morgan fingerprint density at radius 3 is 2.24 bits per heavy atom. The summed E-state index contributed by atoms with van der Waals surface area (Å²) in [5, 5.41) is 0.522. The Balaban J connectivity index is 1.62. The minimum absolute atomic E-state index is 0.291. The van der Waals surface area contributed by atoms with E-state index < -0.39 is 24.1 Å². The number of ether oxygens (including phenoxy) is 1. The van der Waals surface area contributed by atoms with Crippen LogP contribution in [0.3, 0.4) is 0 Å². The molecule has 2 aliphatic rings. The second-order valence-electron chi connectivity index (χ2n) is 6.80. The number of piperazine rings is 1. The van der Waals surface area contributed by atoms with Crippen LogP contribution < -0.4 is 4.90 Å². The van der Waals surface area contributed by atoms with Crippen molar-refractivity contribution < 1.29 is 23.9 Å². The van der Waals surface area contributed by atoms with Crippen molar-refractivity contribution in [3.8, 4) is 0 Å². The molecule has 29 heavy (non-hydrogen) atoms. The molecule has 0 aliphatic carbocycles. The van der Waals surface area contributed by atoms with Crippen molar-refractivity contribution in [2.75, 3.05) is 44.2 Å². The number of urea groups is 1. The summed E-state index contributed by atoms with van der Waals surface area (Å²) in [7, 11) is 0. The van der Waals surface area contributed by atoms with Gasteiger partial charge in [-0.15, -0.1) is 0 Å². The third-order valence-corrected chi connectivity index (χ3v) is 5.26. The largest absolute Gasteiger partial charge is 0.450 e. The van der Waals surface area contributed by atoms with Crippen LogP contribution >= 0.6 is 11.6 Å². The summed E-state index contributed by atoms with van der Waals surface area (Å²) in [5.74, 6) is -0.760. The molecule has 0 aromatic heterocycles.